The zero-order chi connectivity index (χ0) is 9.60. The molecule has 14 heavy (non-hydrogen) atoms. The number of hydrogen-bond donors (Lipinski definition) is 1. The second-order valence-corrected chi connectivity index (χ2v) is 4.73. The lowest BCUT2D eigenvalue weighted by atomic mass is 9.96. The van der Waals surface area contributed by atoms with Gasteiger partial charge in [-0.15, -0.1) is 0 Å². The molecular weight excluding hydrogens is 172 g/mol. The first-order valence-corrected chi connectivity index (χ1v) is 5.35. The maximum Gasteiger partial charge on any atom is 0.0369 e. The van der Waals surface area contributed by atoms with Crippen LogP contribution in [0.25, 0.3) is 0 Å². The van der Waals surface area contributed by atoms with E-state index in [1.807, 2.05) is 0 Å². The van der Waals surface area contributed by atoms with Crippen molar-refractivity contribution in [3.8, 4) is 0 Å². The van der Waals surface area contributed by atoms with Gasteiger partial charge in [-0.3, -0.25) is 0 Å². The average molecular weight is 188 g/mol. The lowest BCUT2D eigenvalue weighted by molar-refractivity contribution is 0.387. The summed E-state index contributed by atoms with van der Waals surface area (Å²) in [6, 6.07) is 8.61. The van der Waals surface area contributed by atoms with Gasteiger partial charge in [-0.25, -0.2) is 0 Å². The van der Waals surface area contributed by atoms with Crippen molar-refractivity contribution in [2.75, 3.05) is 18.0 Å². The Balaban J connectivity index is 1.76. The van der Waals surface area contributed by atoms with E-state index in [1.54, 1.807) is 0 Å². The first-order chi connectivity index (χ1) is 6.81. The maximum absolute atomic E-state index is 5.63. The number of anilines is 1. The van der Waals surface area contributed by atoms with Crippen LogP contribution in [0.4, 0.5) is 5.69 Å². The molecule has 1 aliphatic heterocycles. The Kier molecular flexibility index (Phi) is 1.62. The van der Waals surface area contributed by atoms with E-state index in [0.29, 0.717) is 6.54 Å². The number of benzene rings is 1. The summed E-state index contributed by atoms with van der Waals surface area (Å²) in [7, 11) is 0. The average Bonchev–Trinajstić information content (AvgIpc) is 2.95. The van der Waals surface area contributed by atoms with Crippen molar-refractivity contribution >= 4 is 5.69 Å². The van der Waals surface area contributed by atoms with Crippen LogP contribution in [-0.2, 0) is 6.54 Å². The molecule has 2 nitrogen and oxygen atoms in total. The fraction of sp³-hybridized carbons (Fsp3) is 0.500. The highest BCUT2D eigenvalue weighted by Gasteiger charge is 2.52. The molecule has 0 radical (unpaired) electrons. The van der Waals surface area contributed by atoms with E-state index >= 15 is 0 Å². The second kappa shape index (κ2) is 2.74. The summed E-state index contributed by atoms with van der Waals surface area (Å²) in [5.74, 6) is 0. The Morgan fingerprint density at radius 2 is 2.07 bits per heavy atom. The highest BCUT2D eigenvalue weighted by atomic mass is 15.2. The molecule has 1 heterocycles. The van der Waals surface area contributed by atoms with Gasteiger partial charge in [0, 0.05) is 30.7 Å². The summed E-state index contributed by atoms with van der Waals surface area (Å²) < 4.78 is 0. The SMILES string of the molecule is NCc1cccc(N2CC3(CC3)C2)c1. The van der Waals surface area contributed by atoms with Crippen LogP contribution >= 0.6 is 0 Å². The molecule has 0 amide bonds. The van der Waals surface area contributed by atoms with Gasteiger partial charge >= 0.3 is 0 Å². The summed E-state index contributed by atoms with van der Waals surface area (Å²) in [6.07, 6.45) is 2.89. The zero-order valence-corrected chi connectivity index (χ0v) is 8.37. The second-order valence-electron chi connectivity index (χ2n) is 4.73. The van der Waals surface area contributed by atoms with Gasteiger partial charge in [-0.1, -0.05) is 12.1 Å². The van der Waals surface area contributed by atoms with Crippen LogP contribution < -0.4 is 10.6 Å². The van der Waals surface area contributed by atoms with Crippen molar-refractivity contribution in [3.05, 3.63) is 29.8 Å². The Morgan fingerprint density at radius 1 is 1.29 bits per heavy atom. The summed E-state index contributed by atoms with van der Waals surface area (Å²) in [6.45, 7) is 3.18. The van der Waals surface area contributed by atoms with Crippen LogP contribution in [0.3, 0.4) is 0 Å². The molecule has 1 aromatic rings. The number of nitrogens with zero attached hydrogens (tertiary/aromatic N) is 1. The Bertz CT molecular complexity index is 347. The number of nitrogens with two attached hydrogens (primary N) is 1. The first kappa shape index (κ1) is 8.30. The maximum atomic E-state index is 5.63. The summed E-state index contributed by atoms with van der Waals surface area (Å²) in [4.78, 5) is 2.46. The van der Waals surface area contributed by atoms with E-state index in [0.717, 1.165) is 5.41 Å². The summed E-state index contributed by atoms with van der Waals surface area (Å²) in [5.41, 5.74) is 8.95. The predicted molar refractivity (Wildman–Crippen MR) is 58.2 cm³/mol. The first-order valence-electron chi connectivity index (χ1n) is 5.35. The minimum Gasteiger partial charge on any atom is -0.370 e. The standard InChI is InChI=1S/C12H16N2/c13-7-10-2-1-3-11(6-10)14-8-12(9-14)4-5-12/h1-3,6H,4-5,7-9,13H2. The van der Waals surface area contributed by atoms with Crippen molar-refractivity contribution in [2.24, 2.45) is 11.1 Å². The van der Waals surface area contributed by atoms with E-state index < -0.39 is 0 Å². The number of rotatable bonds is 2. The Hall–Kier alpha value is -1.02. The fourth-order valence-electron chi connectivity index (χ4n) is 2.32. The molecule has 74 valence electrons. The van der Waals surface area contributed by atoms with Crippen molar-refractivity contribution in [3.63, 3.8) is 0 Å². The minimum atomic E-state index is 0.646. The van der Waals surface area contributed by atoms with Crippen molar-refractivity contribution in [2.45, 2.75) is 19.4 Å². The molecule has 1 saturated heterocycles. The van der Waals surface area contributed by atoms with Gasteiger partial charge in [-0.05, 0) is 30.5 Å². The van der Waals surface area contributed by atoms with Gasteiger partial charge < -0.3 is 10.6 Å². The molecule has 0 aromatic heterocycles. The third kappa shape index (κ3) is 1.22. The Labute approximate surface area is 84.7 Å². The zero-order valence-electron chi connectivity index (χ0n) is 8.37. The molecule has 2 N–H and O–H groups in total. The van der Waals surface area contributed by atoms with Gasteiger partial charge in [0.25, 0.3) is 0 Å². The lowest BCUT2D eigenvalue weighted by Gasteiger charge is -2.42. The molecule has 2 heteroatoms. The molecule has 1 aliphatic carbocycles. The van der Waals surface area contributed by atoms with E-state index in [9.17, 15) is 0 Å². The van der Waals surface area contributed by atoms with Crippen LogP contribution in [0.1, 0.15) is 18.4 Å². The Morgan fingerprint density at radius 3 is 2.71 bits per heavy atom. The van der Waals surface area contributed by atoms with Crippen LogP contribution in [0.15, 0.2) is 24.3 Å². The lowest BCUT2D eigenvalue weighted by Crippen LogP contribution is -2.48. The monoisotopic (exact) mass is 188 g/mol. The molecular formula is C12H16N2. The van der Waals surface area contributed by atoms with E-state index in [-0.39, 0.29) is 0 Å². The van der Waals surface area contributed by atoms with Gasteiger partial charge in [0.15, 0.2) is 0 Å². The van der Waals surface area contributed by atoms with Crippen LogP contribution in [0, 0.1) is 5.41 Å². The summed E-state index contributed by atoms with van der Waals surface area (Å²) >= 11 is 0. The van der Waals surface area contributed by atoms with Crippen LogP contribution in [0.2, 0.25) is 0 Å². The molecule has 2 aliphatic rings. The van der Waals surface area contributed by atoms with E-state index in [4.69, 9.17) is 5.73 Å². The van der Waals surface area contributed by atoms with Crippen molar-refractivity contribution < 1.29 is 0 Å². The smallest absolute Gasteiger partial charge is 0.0369 e. The van der Waals surface area contributed by atoms with Gasteiger partial charge in [0.1, 0.15) is 0 Å². The van der Waals surface area contributed by atoms with Crippen molar-refractivity contribution in [1.82, 2.24) is 0 Å². The fourth-order valence-corrected chi connectivity index (χ4v) is 2.32. The minimum absolute atomic E-state index is 0.646. The molecule has 1 spiro atoms. The molecule has 0 bridgehead atoms. The highest BCUT2D eigenvalue weighted by Crippen LogP contribution is 2.53. The third-order valence-electron chi connectivity index (χ3n) is 3.52. The molecule has 3 rings (SSSR count). The third-order valence-corrected chi connectivity index (χ3v) is 3.52. The van der Waals surface area contributed by atoms with Crippen molar-refractivity contribution in [1.29, 1.82) is 0 Å². The van der Waals surface area contributed by atoms with Gasteiger partial charge in [0.05, 0.1) is 0 Å². The molecule has 0 unspecified atom stereocenters. The molecule has 0 atom stereocenters. The highest BCUT2D eigenvalue weighted by molar-refractivity contribution is 5.52. The molecule has 2 fully saturated rings. The normalized spacial score (nSPS) is 22.2. The summed E-state index contributed by atoms with van der Waals surface area (Å²) in [5, 5.41) is 0. The topological polar surface area (TPSA) is 29.3 Å². The predicted octanol–water partition coefficient (Wildman–Crippen LogP) is 1.75. The largest absolute Gasteiger partial charge is 0.370 e. The van der Waals surface area contributed by atoms with E-state index in [1.165, 1.54) is 37.2 Å². The van der Waals surface area contributed by atoms with Crippen LogP contribution in [-0.4, -0.2) is 13.1 Å². The molecule has 1 aromatic carbocycles. The molecule has 1 saturated carbocycles. The van der Waals surface area contributed by atoms with Gasteiger partial charge in [-0.2, -0.15) is 0 Å². The van der Waals surface area contributed by atoms with Crippen LogP contribution in [0.5, 0.6) is 0 Å². The van der Waals surface area contributed by atoms with E-state index in [2.05, 4.69) is 29.2 Å². The number of hydrogen-bond acceptors (Lipinski definition) is 2. The quantitative estimate of drug-likeness (QED) is 0.766. The van der Waals surface area contributed by atoms with Gasteiger partial charge in [0.2, 0.25) is 0 Å².